The molecule has 0 fully saturated rings. The predicted octanol–water partition coefficient (Wildman–Crippen LogP) is 4.02. The Morgan fingerprint density at radius 2 is 1.54 bits per heavy atom. The second-order valence-corrected chi connectivity index (χ2v) is 10.2. The van der Waals surface area contributed by atoms with E-state index in [0.717, 1.165) is 5.39 Å². The van der Waals surface area contributed by atoms with Gasteiger partial charge in [-0.1, -0.05) is 54.6 Å². The average Bonchev–Trinajstić information content (AvgIpc) is 2.83. The van der Waals surface area contributed by atoms with Crippen LogP contribution in [-0.4, -0.2) is 55.1 Å². The van der Waals surface area contributed by atoms with E-state index in [1.165, 1.54) is 30.3 Å². The zero-order valence-corrected chi connectivity index (χ0v) is 19.9. The molecule has 0 spiro atoms. The van der Waals surface area contributed by atoms with E-state index in [9.17, 15) is 23.4 Å². The Bertz CT molecular complexity index is 1650. The van der Waals surface area contributed by atoms with Gasteiger partial charge < -0.3 is 20.0 Å². The first-order chi connectivity index (χ1) is 16.7. The molecule has 0 saturated carbocycles. The van der Waals surface area contributed by atoms with Gasteiger partial charge in [0.25, 0.3) is 15.9 Å². The topological polar surface area (TPSA) is 110 Å². The smallest absolute Gasteiger partial charge is 0.269 e. The van der Waals surface area contributed by atoms with Crippen LogP contribution in [0.4, 0.5) is 5.69 Å². The number of aromatic hydroxyl groups is 2. The van der Waals surface area contributed by atoms with E-state index in [0.29, 0.717) is 21.7 Å². The van der Waals surface area contributed by atoms with E-state index >= 15 is 0 Å². The Morgan fingerprint density at radius 1 is 0.886 bits per heavy atom. The summed E-state index contributed by atoms with van der Waals surface area (Å²) in [5, 5.41) is 24.4. The molecule has 1 amide bonds. The molecule has 1 aliphatic heterocycles. The van der Waals surface area contributed by atoms with Gasteiger partial charge in [-0.05, 0) is 22.9 Å². The van der Waals surface area contributed by atoms with Crippen molar-refractivity contribution in [2.75, 3.05) is 25.5 Å². The minimum absolute atomic E-state index is 0.0588. The molecule has 35 heavy (non-hydrogen) atoms. The van der Waals surface area contributed by atoms with Gasteiger partial charge in [0.15, 0.2) is 4.91 Å². The lowest BCUT2D eigenvalue weighted by Gasteiger charge is -2.30. The van der Waals surface area contributed by atoms with E-state index in [1.54, 1.807) is 42.3 Å². The number of nitrogens with one attached hydrogen (secondary N) is 1. The number of sulfonamides is 1. The van der Waals surface area contributed by atoms with Crippen molar-refractivity contribution < 1.29 is 23.4 Å². The molecule has 4 aromatic rings. The highest BCUT2D eigenvalue weighted by Gasteiger charge is 2.32. The molecule has 0 bridgehead atoms. The highest BCUT2D eigenvalue weighted by atomic mass is 32.2. The van der Waals surface area contributed by atoms with Crippen LogP contribution in [0.25, 0.3) is 32.7 Å². The number of hydrogen-bond acceptors (Lipinski definition) is 6. The van der Waals surface area contributed by atoms with Gasteiger partial charge in [0.2, 0.25) is 0 Å². The first-order valence-electron chi connectivity index (χ1n) is 10.8. The Balaban J connectivity index is 1.74. The lowest BCUT2D eigenvalue weighted by molar-refractivity contribution is -0.127. The van der Waals surface area contributed by atoms with Crippen LogP contribution < -0.4 is 4.72 Å². The number of carbonyl (C=O) groups excluding carboxylic acids is 1. The largest absolute Gasteiger partial charge is 0.507 e. The molecule has 1 heterocycles. The number of hydrogen-bond donors (Lipinski definition) is 3. The second kappa shape index (κ2) is 8.21. The molecule has 0 unspecified atom stereocenters. The first-order valence-corrected chi connectivity index (χ1v) is 12.3. The van der Waals surface area contributed by atoms with Gasteiger partial charge in [0.05, 0.1) is 12.4 Å². The zero-order valence-electron chi connectivity index (χ0n) is 19.1. The van der Waals surface area contributed by atoms with Crippen LogP contribution in [0.1, 0.15) is 0 Å². The molecule has 9 heteroatoms. The molecule has 4 aromatic carbocycles. The lowest BCUT2D eigenvalue weighted by atomic mass is 9.93. The van der Waals surface area contributed by atoms with Gasteiger partial charge in [-0.25, -0.2) is 8.42 Å². The second-order valence-electron chi connectivity index (χ2n) is 8.55. The summed E-state index contributed by atoms with van der Waals surface area (Å²) in [5.74, 6) is -0.773. The fourth-order valence-corrected chi connectivity index (χ4v) is 5.72. The van der Waals surface area contributed by atoms with Crippen molar-refractivity contribution in [2.45, 2.75) is 0 Å². The summed E-state index contributed by atoms with van der Waals surface area (Å²) >= 11 is 0. The van der Waals surface area contributed by atoms with Crippen LogP contribution in [0.5, 0.6) is 11.5 Å². The molecule has 0 atom stereocenters. The molecular weight excluding hydrogens is 466 g/mol. The summed E-state index contributed by atoms with van der Waals surface area (Å²) in [7, 11) is -1.07. The zero-order chi connectivity index (χ0) is 24.9. The van der Waals surface area contributed by atoms with Crippen LogP contribution in [-0.2, 0) is 14.8 Å². The number of rotatable bonds is 4. The maximum atomic E-state index is 13.3. The molecular formula is C26H23N3O5S. The summed E-state index contributed by atoms with van der Waals surface area (Å²) < 4.78 is 29.2. The van der Waals surface area contributed by atoms with Gasteiger partial charge in [0, 0.05) is 42.2 Å². The number of likely N-dealkylation sites (N-methyl/N-ethyl adjacent to an activating group) is 1. The van der Waals surface area contributed by atoms with Crippen molar-refractivity contribution in [1.29, 1.82) is 0 Å². The van der Waals surface area contributed by atoms with E-state index < -0.39 is 15.9 Å². The SMILES string of the molecule is CN1C=C(S(=O)(=O)Nc2cc(-c3c(O)ccc4ccccc34)c(O)c3ccccc23)C(=O)N(C)C1. The van der Waals surface area contributed by atoms with Crippen molar-refractivity contribution >= 4 is 43.2 Å². The molecule has 3 N–H and O–H groups in total. The van der Waals surface area contributed by atoms with Gasteiger partial charge >= 0.3 is 0 Å². The molecule has 0 radical (unpaired) electrons. The average molecular weight is 490 g/mol. The Morgan fingerprint density at radius 3 is 2.29 bits per heavy atom. The fourth-order valence-electron chi connectivity index (χ4n) is 4.45. The Labute approximate surface area is 202 Å². The van der Waals surface area contributed by atoms with Crippen LogP contribution in [0, 0.1) is 0 Å². The highest BCUT2D eigenvalue weighted by Crippen LogP contribution is 2.46. The lowest BCUT2D eigenvalue weighted by Crippen LogP contribution is -2.43. The number of nitrogens with zero attached hydrogens (tertiary/aromatic N) is 2. The van der Waals surface area contributed by atoms with Crippen molar-refractivity contribution in [2.24, 2.45) is 0 Å². The number of fused-ring (bicyclic) bond motifs is 2. The monoisotopic (exact) mass is 489 g/mol. The maximum Gasteiger partial charge on any atom is 0.269 e. The minimum atomic E-state index is -4.27. The van der Waals surface area contributed by atoms with E-state index in [2.05, 4.69) is 4.72 Å². The molecule has 0 saturated heterocycles. The quantitative estimate of drug-likeness (QED) is 0.374. The summed E-state index contributed by atoms with van der Waals surface area (Å²) in [4.78, 5) is 15.2. The van der Waals surface area contributed by atoms with Crippen LogP contribution in [0.3, 0.4) is 0 Å². The third kappa shape index (κ3) is 3.79. The number of benzene rings is 4. The predicted molar refractivity (Wildman–Crippen MR) is 136 cm³/mol. The van der Waals surface area contributed by atoms with Gasteiger partial charge in [0.1, 0.15) is 11.5 Å². The first kappa shape index (κ1) is 22.5. The van der Waals surface area contributed by atoms with Crippen LogP contribution in [0.2, 0.25) is 0 Å². The Kier molecular flexibility index (Phi) is 5.29. The third-order valence-electron chi connectivity index (χ3n) is 6.06. The molecule has 5 rings (SSSR count). The van der Waals surface area contributed by atoms with Crippen molar-refractivity contribution in [3.05, 3.63) is 77.8 Å². The van der Waals surface area contributed by atoms with Gasteiger partial charge in [-0.15, -0.1) is 0 Å². The summed E-state index contributed by atoms with van der Waals surface area (Å²) in [5.41, 5.74) is 0.804. The highest BCUT2D eigenvalue weighted by molar-refractivity contribution is 7.97. The van der Waals surface area contributed by atoms with Crippen molar-refractivity contribution in [3.63, 3.8) is 0 Å². The molecule has 178 valence electrons. The number of anilines is 1. The van der Waals surface area contributed by atoms with E-state index in [4.69, 9.17) is 0 Å². The summed E-state index contributed by atoms with van der Waals surface area (Å²) in [6.07, 6.45) is 1.30. The van der Waals surface area contributed by atoms with E-state index in [1.807, 2.05) is 24.3 Å². The number of amides is 1. The molecule has 8 nitrogen and oxygen atoms in total. The maximum absolute atomic E-state index is 13.3. The minimum Gasteiger partial charge on any atom is -0.507 e. The molecule has 0 aromatic heterocycles. The van der Waals surface area contributed by atoms with Gasteiger partial charge in [-0.2, -0.15) is 0 Å². The summed E-state index contributed by atoms with van der Waals surface area (Å²) in [6, 6.07) is 19.0. The van der Waals surface area contributed by atoms with E-state index in [-0.39, 0.29) is 34.3 Å². The number of phenols is 2. The molecule has 0 aliphatic carbocycles. The fraction of sp³-hybridized carbons (Fsp3) is 0.115. The van der Waals surface area contributed by atoms with Crippen molar-refractivity contribution in [3.8, 4) is 22.6 Å². The third-order valence-corrected chi connectivity index (χ3v) is 7.40. The summed E-state index contributed by atoms with van der Waals surface area (Å²) in [6.45, 7) is 0.268. The van der Waals surface area contributed by atoms with Crippen molar-refractivity contribution in [1.82, 2.24) is 9.80 Å². The molecule has 1 aliphatic rings. The van der Waals surface area contributed by atoms with Crippen LogP contribution >= 0.6 is 0 Å². The normalized spacial score (nSPS) is 14.5. The number of carbonyl (C=O) groups is 1. The van der Waals surface area contributed by atoms with Gasteiger partial charge in [-0.3, -0.25) is 9.52 Å². The number of phenolic OH excluding ortho intramolecular Hbond substituents is 2. The standard InChI is InChI=1S/C26H23N3O5S/c1-28-14-23(26(32)29(2)15-28)35(33,34)27-21-13-20(25(31)19-10-6-5-9-18(19)21)24-17-8-4-3-7-16(17)11-12-22(24)30/h3-14,27,30-31H,15H2,1-2H3. The Hall–Kier alpha value is -4.24. The van der Waals surface area contributed by atoms with Crippen LogP contribution in [0.15, 0.2) is 77.8 Å².